The average Bonchev–Trinajstić information content (AvgIpc) is 2.73. The highest BCUT2D eigenvalue weighted by Gasteiger charge is 2.24. The van der Waals surface area contributed by atoms with E-state index in [1.165, 1.54) is 0 Å². The molecule has 0 radical (unpaired) electrons. The van der Waals surface area contributed by atoms with Crippen molar-refractivity contribution in [3.05, 3.63) is 23.5 Å². The van der Waals surface area contributed by atoms with Gasteiger partial charge in [0.25, 0.3) is 0 Å². The molecule has 1 saturated heterocycles. The zero-order valence-electron chi connectivity index (χ0n) is 12.0. The molecule has 0 aromatic carbocycles. The predicted octanol–water partition coefficient (Wildman–Crippen LogP) is 0.336. The van der Waals surface area contributed by atoms with E-state index >= 15 is 0 Å². The molecule has 1 aromatic rings. The van der Waals surface area contributed by atoms with Crippen LogP contribution in [0.3, 0.4) is 0 Å². The number of likely N-dealkylation sites (N-methyl/N-ethyl adjacent to an activating group) is 1. The first-order chi connectivity index (χ1) is 9.01. The smallest absolute Gasteiger partial charge is 0.161 e. The van der Waals surface area contributed by atoms with Crippen LogP contribution in [-0.2, 0) is 13.6 Å². The molecule has 0 amide bonds. The molecule has 19 heavy (non-hydrogen) atoms. The summed E-state index contributed by atoms with van der Waals surface area (Å²) in [5.74, 6) is 0.105. The molecule has 1 atom stereocenters. The molecular formula is C14H23N3O2. The molecule has 2 rings (SSSR count). The summed E-state index contributed by atoms with van der Waals surface area (Å²) in [6.45, 7) is 5.44. The molecular weight excluding hydrogens is 242 g/mol. The summed E-state index contributed by atoms with van der Waals surface area (Å²) in [7, 11) is 4.02. The Morgan fingerprint density at radius 3 is 2.74 bits per heavy atom. The Balaban J connectivity index is 2.03. The van der Waals surface area contributed by atoms with E-state index in [-0.39, 0.29) is 18.4 Å². The summed E-state index contributed by atoms with van der Waals surface area (Å²) in [4.78, 5) is 15.9. The molecule has 0 bridgehead atoms. The largest absolute Gasteiger partial charge is 0.395 e. The fourth-order valence-corrected chi connectivity index (χ4v) is 2.54. The van der Waals surface area contributed by atoms with Gasteiger partial charge in [0.1, 0.15) is 0 Å². The second-order valence-corrected chi connectivity index (χ2v) is 5.44. The molecule has 0 saturated carbocycles. The highest BCUT2D eigenvalue weighted by molar-refractivity contribution is 5.94. The van der Waals surface area contributed by atoms with E-state index in [0.29, 0.717) is 0 Å². The molecule has 106 valence electrons. The molecule has 0 unspecified atom stereocenters. The Bertz CT molecular complexity index is 456. The van der Waals surface area contributed by atoms with E-state index < -0.39 is 0 Å². The average molecular weight is 265 g/mol. The van der Waals surface area contributed by atoms with E-state index in [4.69, 9.17) is 0 Å². The Morgan fingerprint density at radius 1 is 1.42 bits per heavy atom. The number of Topliss-reactive ketones (excluding diaryl/α,β-unsaturated/α-hetero) is 1. The second kappa shape index (κ2) is 5.86. The van der Waals surface area contributed by atoms with Gasteiger partial charge in [-0.05, 0) is 20.0 Å². The molecule has 1 aliphatic heterocycles. The SMILES string of the molecule is CC(=O)c1cc(CN2CCN(C)[C@H](CO)C2)n(C)c1. The number of aliphatic hydroxyl groups is 1. The number of nitrogens with zero attached hydrogens (tertiary/aromatic N) is 3. The van der Waals surface area contributed by atoms with Gasteiger partial charge in [-0.15, -0.1) is 0 Å². The van der Waals surface area contributed by atoms with Gasteiger partial charge >= 0.3 is 0 Å². The number of hydrogen-bond acceptors (Lipinski definition) is 4. The monoisotopic (exact) mass is 265 g/mol. The van der Waals surface area contributed by atoms with Gasteiger partial charge in [0.05, 0.1) is 6.61 Å². The number of aliphatic hydroxyl groups excluding tert-OH is 1. The maximum Gasteiger partial charge on any atom is 0.161 e. The van der Waals surface area contributed by atoms with E-state index in [2.05, 4.69) is 16.8 Å². The van der Waals surface area contributed by atoms with E-state index in [9.17, 15) is 9.90 Å². The zero-order valence-corrected chi connectivity index (χ0v) is 12.0. The fourth-order valence-electron chi connectivity index (χ4n) is 2.54. The summed E-state index contributed by atoms with van der Waals surface area (Å²) >= 11 is 0. The second-order valence-electron chi connectivity index (χ2n) is 5.44. The minimum atomic E-state index is 0.105. The third-order valence-corrected chi connectivity index (χ3v) is 3.97. The van der Waals surface area contributed by atoms with Crippen molar-refractivity contribution in [2.45, 2.75) is 19.5 Å². The summed E-state index contributed by atoms with van der Waals surface area (Å²) in [6, 6.07) is 2.18. The molecule has 5 heteroatoms. The molecule has 1 aromatic heterocycles. The highest BCUT2D eigenvalue weighted by atomic mass is 16.3. The van der Waals surface area contributed by atoms with Gasteiger partial charge in [-0.2, -0.15) is 0 Å². The normalized spacial score (nSPS) is 21.8. The van der Waals surface area contributed by atoms with Gasteiger partial charge in [0.15, 0.2) is 5.78 Å². The quantitative estimate of drug-likeness (QED) is 0.797. The van der Waals surface area contributed by atoms with Crippen LogP contribution in [0.1, 0.15) is 23.0 Å². The molecule has 5 nitrogen and oxygen atoms in total. The van der Waals surface area contributed by atoms with Crippen molar-refractivity contribution in [2.24, 2.45) is 7.05 Å². The van der Waals surface area contributed by atoms with Crippen molar-refractivity contribution in [3.8, 4) is 0 Å². The summed E-state index contributed by atoms with van der Waals surface area (Å²) in [5.41, 5.74) is 1.91. The Kier molecular flexibility index (Phi) is 4.39. The van der Waals surface area contributed by atoms with Gasteiger partial charge in [0, 0.05) is 56.7 Å². The maximum atomic E-state index is 11.4. The molecule has 0 spiro atoms. The molecule has 1 fully saturated rings. The first kappa shape index (κ1) is 14.2. The third-order valence-electron chi connectivity index (χ3n) is 3.97. The van der Waals surface area contributed by atoms with Gasteiger partial charge in [0.2, 0.25) is 0 Å². The van der Waals surface area contributed by atoms with E-state index in [1.807, 2.05) is 23.9 Å². The van der Waals surface area contributed by atoms with Crippen molar-refractivity contribution in [1.29, 1.82) is 0 Å². The van der Waals surface area contributed by atoms with Gasteiger partial charge in [-0.1, -0.05) is 0 Å². The Morgan fingerprint density at radius 2 is 2.16 bits per heavy atom. The Hall–Kier alpha value is -1.17. The van der Waals surface area contributed by atoms with E-state index in [1.54, 1.807) is 6.92 Å². The number of aryl methyl sites for hydroxylation is 1. The van der Waals surface area contributed by atoms with Crippen LogP contribution in [0, 0.1) is 0 Å². The third kappa shape index (κ3) is 3.23. The van der Waals surface area contributed by atoms with E-state index in [0.717, 1.165) is 37.4 Å². The molecule has 2 heterocycles. The van der Waals surface area contributed by atoms with Crippen LogP contribution >= 0.6 is 0 Å². The van der Waals surface area contributed by atoms with Crippen LogP contribution in [0.2, 0.25) is 0 Å². The number of rotatable bonds is 4. The molecule has 1 N–H and O–H groups in total. The fraction of sp³-hybridized carbons (Fsp3) is 0.643. The minimum absolute atomic E-state index is 0.105. The van der Waals surface area contributed by atoms with Crippen molar-refractivity contribution in [2.75, 3.05) is 33.3 Å². The summed E-state index contributed by atoms with van der Waals surface area (Å²) in [6.07, 6.45) is 1.89. The Labute approximate surface area is 114 Å². The molecule has 1 aliphatic rings. The van der Waals surface area contributed by atoms with Crippen molar-refractivity contribution < 1.29 is 9.90 Å². The molecule has 0 aliphatic carbocycles. The lowest BCUT2D eigenvalue weighted by atomic mass is 10.2. The number of aromatic nitrogens is 1. The minimum Gasteiger partial charge on any atom is -0.395 e. The first-order valence-corrected chi connectivity index (χ1v) is 6.71. The van der Waals surface area contributed by atoms with Crippen molar-refractivity contribution >= 4 is 5.78 Å². The number of ketones is 1. The predicted molar refractivity (Wildman–Crippen MR) is 74.2 cm³/mol. The number of piperazine rings is 1. The van der Waals surface area contributed by atoms with Crippen LogP contribution in [0.4, 0.5) is 0 Å². The van der Waals surface area contributed by atoms with Crippen LogP contribution in [0.5, 0.6) is 0 Å². The topological polar surface area (TPSA) is 48.7 Å². The number of carbonyl (C=O) groups excluding carboxylic acids is 1. The summed E-state index contributed by atoms with van der Waals surface area (Å²) < 4.78 is 2.02. The lowest BCUT2D eigenvalue weighted by molar-refractivity contribution is 0.0530. The van der Waals surface area contributed by atoms with Crippen LogP contribution < -0.4 is 0 Å². The summed E-state index contributed by atoms with van der Waals surface area (Å²) in [5, 5.41) is 9.36. The van der Waals surface area contributed by atoms with Gasteiger partial charge in [-0.25, -0.2) is 0 Å². The van der Waals surface area contributed by atoms with Crippen LogP contribution in [0.15, 0.2) is 12.3 Å². The lowest BCUT2D eigenvalue weighted by Crippen LogP contribution is -2.52. The highest BCUT2D eigenvalue weighted by Crippen LogP contribution is 2.14. The zero-order chi connectivity index (χ0) is 14.0. The number of hydrogen-bond donors (Lipinski definition) is 1. The number of carbonyl (C=O) groups is 1. The lowest BCUT2D eigenvalue weighted by Gasteiger charge is -2.38. The first-order valence-electron chi connectivity index (χ1n) is 6.71. The standard InChI is InChI=1S/C14H23N3O2/c1-11(19)12-6-13(16(3)7-12)8-17-5-4-15(2)14(9-17)10-18/h6-7,14,18H,4-5,8-10H2,1-3H3/t14-/m0/s1. The van der Waals surface area contributed by atoms with Crippen LogP contribution in [0.25, 0.3) is 0 Å². The van der Waals surface area contributed by atoms with Crippen molar-refractivity contribution in [3.63, 3.8) is 0 Å². The van der Waals surface area contributed by atoms with Gasteiger partial charge in [-0.3, -0.25) is 14.6 Å². The van der Waals surface area contributed by atoms with Crippen LogP contribution in [-0.4, -0.2) is 64.6 Å². The van der Waals surface area contributed by atoms with Crippen molar-refractivity contribution in [1.82, 2.24) is 14.4 Å². The van der Waals surface area contributed by atoms with Gasteiger partial charge < -0.3 is 9.67 Å². The maximum absolute atomic E-state index is 11.4.